The largest absolute Gasteiger partial charge is 0.465 e. The summed E-state index contributed by atoms with van der Waals surface area (Å²) in [4.78, 5) is 22.1. The van der Waals surface area contributed by atoms with Crippen molar-refractivity contribution in [2.75, 3.05) is 6.61 Å². The highest BCUT2D eigenvalue weighted by Crippen LogP contribution is 2.17. The number of ketones is 1. The van der Waals surface area contributed by atoms with Crippen LogP contribution in [-0.2, 0) is 14.3 Å². The Balaban J connectivity index is 3.79. The van der Waals surface area contributed by atoms with Crippen molar-refractivity contribution in [3.05, 3.63) is 11.6 Å². The van der Waals surface area contributed by atoms with Crippen LogP contribution in [0.15, 0.2) is 11.6 Å². The number of Topliss-reactive ketones (excluding diaryl/α,β-unsaturated/α-hetero) is 1. The molecule has 0 aliphatic carbocycles. The molecular weight excluding hydrogens is 240 g/mol. The smallest absolute Gasteiger partial charge is 0.306 e. The number of allylic oxidation sites excluding steroid dienone is 2. The maximum Gasteiger partial charge on any atom is 0.306 e. The van der Waals surface area contributed by atoms with Gasteiger partial charge in [0.25, 0.3) is 0 Å². The zero-order valence-electron chi connectivity index (χ0n) is 13.0. The fraction of sp³-hybridized carbons (Fsp3) is 0.750. The predicted molar refractivity (Wildman–Crippen MR) is 77.9 cm³/mol. The average molecular weight is 268 g/mol. The second-order valence-electron chi connectivity index (χ2n) is 5.85. The van der Waals surface area contributed by atoms with E-state index >= 15 is 0 Å². The Morgan fingerprint density at radius 2 is 1.68 bits per heavy atom. The summed E-state index contributed by atoms with van der Waals surface area (Å²) in [6, 6.07) is 0. The van der Waals surface area contributed by atoms with Crippen molar-refractivity contribution in [2.24, 2.45) is 11.8 Å². The van der Waals surface area contributed by atoms with Gasteiger partial charge < -0.3 is 9.53 Å². The van der Waals surface area contributed by atoms with E-state index < -0.39 is 0 Å². The van der Waals surface area contributed by atoms with Gasteiger partial charge in [-0.15, -0.1) is 0 Å². The van der Waals surface area contributed by atoms with E-state index in [0.29, 0.717) is 18.4 Å². The van der Waals surface area contributed by atoms with E-state index in [-0.39, 0.29) is 24.6 Å². The Morgan fingerprint density at radius 3 is 2.21 bits per heavy atom. The molecule has 0 radical (unpaired) electrons. The van der Waals surface area contributed by atoms with Crippen LogP contribution < -0.4 is 0 Å². The number of hydrogen-bond donors (Lipinski definition) is 0. The highest BCUT2D eigenvalue weighted by molar-refractivity contribution is 5.80. The molecule has 0 heterocycles. The quantitative estimate of drug-likeness (QED) is 0.470. The van der Waals surface area contributed by atoms with E-state index in [0.717, 1.165) is 12.8 Å². The zero-order valence-corrected chi connectivity index (χ0v) is 13.0. The standard InChI is InChI=1S/C16H28O3/c1-12(2)6-7-13(3)10-14(4)11-19-16(18)9-8-15(5)17/h6,13-14H,7-11H2,1-5H3. The van der Waals surface area contributed by atoms with Gasteiger partial charge in [-0.2, -0.15) is 0 Å². The molecule has 0 aromatic rings. The molecule has 0 aromatic carbocycles. The molecule has 3 nitrogen and oxygen atoms in total. The molecule has 0 spiro atoms. The molecule has 0 bridgehead atoms. The van der Waals surface area contributed by atoms with Crippen molar-refractivity contribution in [1.82, 2.24) is 0 Å². The van der Waals surface area contributed by atoms with Gasteiger partial charge in [0.05, 0.1) is 13.0 Å². The van der Waals surface area contributed by atoms with Gasteiger partial charge in [0, 0.05) is 6.42 Å². The Kier molecular flexibility index (Phi) is 9.19. The number of esters is 1. The Hall–Kier alpha value is -1.12. The van der Waals surface area contributed by atoms with Crippen LogP contribution in [0.5, 0.6) is 0 Å². The molecule has 110 valence electrons. The molecule has 0 amide bonds. The van der Waals surface area contributed by atoms with Crippen molar-refractivity contribution in [2.45, 2.75) is 60.3 Å². The lowest BCUT2D eigenvalue weighted by molar-refractivity contribution is -0.146. The maximum atomic E-state index is 11.4. The summed E-state index contributed by atoms with van der Waals surface area (Å²) in [5.74, 6) is 0.724. The summed E-state index contributed by atoms with van der Waals surface area (Å²) in [5, 5.41) is 0. The minimum Gasteiger partial charge on any atom is -0.465 e. The van der Waals surface area contributed by atoms with Crippen molar-refractivity contribution in [3.63, 3.8) is 0 Å². The van der Waals surface area contributed by atoms with Gasteiger partial charge in [-0.25, -0.2) is 0 Å². The first kappa shape index (κ1) is 17.9. The van der Waals surface area contributed by atoms with Crippen molar-refractivity contribution in [3.8, 4) is 0 Å². The molecule has 0 aliphatic heterocycles. The first-order valence-corrected chi connectivity index (χ1v) is 7.09. The van der Waals surface area contributed by atoms with Gasteiger partial charge in [0.1, 0.15) is 5.78 Å². The molecule has 0 rings (SSSR count). The summed E-state index contributed by atoms with van der Waals surface area (Å²) in [7, 11) is 0. The van der Waals surface area contributed by atoms with Crippen LogP contribution >= 0.6 is 0 Å². The van der Waals surface area contributed by atoms with E-state index in [1.807, 2.05) is 0 Å². The molecule has 0 aromatic heterocycles. The van der Waals surface area contributed by atoms with E-state index in [2.05, 4.69) is 33.8 Å². The van der Waals surface area contributed by atoms with E-state index in [4.69, 9.17) is 4.74 Å². The van der Waals surface area contributed by atoms with E-state index in [1.54, 1.807) is 0 Å². The van der Waals surface area contributed by atoms with Gasteiger partial charge in [-0.3, -0.25) is 4.79 Å². The first-order chi connectivity index (χ1) is 8.81. The third-order valence-electron chi connectivity index (χ3n) is 2.94. The van der Waals surface area contributed by atoms with Gasteiger partial charge in [-0.1, -0.05) is 25.5 Å². The van der Waals surface area contributed by atoms with Crippen molar-refractivity contribution < 1.29 is 14.3 Å². The fourth-order valence-electron chi connectivity index (χ4n) is 1.87. The molecule has 2 unspecified atom stereocenters. The minimum atomic E-state index is -0.265. The Bertz CT molecular complexity index is 314. The number of rotatable bonds is 9. The van der Waals surface area contributed by atoms with Crippen LogP contribution in [0.4, 0.5) is 0 Å². The van der Waals surface area contributed by atoms with Gasteiger partial charge in [0.2, 0.25) is 0 Å². The second kappa shape index (κ2) is 9.76. The molecule has 0 fully saturated rings. The lowest BCUT2D eigenvalue weighted by atomic mass is 9.94. The SMILES string of the molecule is CC(=O)CCC(=O)OCC(C)CC(C)CC=C(C)C. The zero-order chi connectivity index (χ0) is 14.8. The van der Waals surface area contributed by atoms with Crippen LogP contribution in [0.1, 0.15) is 60.3 Å². The summed E-state index contributed by atoms with van der Waals surface area (Å²) in [6.45, 7) is 10.5. The number of hydrogen-bond acceptors (Lipinski definition) is 3. The summed E-state index contributed by atoms with van der Waals surface area (Å²) >= 11 is 0. The molecule has 0 N–H and O–H groups in total. The van der Waals surface area contributed by atoms with Crippen LogP contribution in [0.2, 0.25) is 0 Å². The van der Waals surface area contributed by atoms with Gasteiger partial charge in [-0.05, 0) is 45.4 Å². The van der Waals surface area contributed by atoms with E-state index in [9.17, 15) is 9.59 Å². The predicted octanol–water partition coefficient (Wildman–Crippen LogP) is 3.92. The molecule has 0 saturated carbocycles. The second-order valence-corrected chi connectivity index (χ2v) is 5.85. The highest BCUT2D eigenvalue weighted by atomic mass is 16.5. The van der Waals surface area contributed by atoms with Crippen molar-refractivity contribution >= 4 is 11.8 Å². The number of carbonyl (C=O) groups is 2. The van der Waals surface area contributed by atoms with Gasteiger partial charge in [0.15, 0.2) is 0 Å². The Labute approximate surface area is 117 Å². The van der Waals surface area contributed by atoms with Crippen molar-refractivity contribution in [1.29, 1.82) is 0 Å². The number of carbonyl (C=O) groups excluding carboxylic acids is 2. The van der Waals surface area contributed by atoms with Crippen LogP contribution in [0, 0.1) is 11.8 Å². The third kappa shape index (κ3) is 11.7. The molecule has 2 atom stereocenters. The summed E-state index contributed by atoms with van der Waals surface area (Å²) in [6.07, 6.45) is 4.85. The van der Waals surface area contributed by atoms with Crippen LogP contribution in [0.25, 0.3) is 0 Å². The molecule has 3 heteroatoms. The monoisotopic (exact) mass is 268 g/mol. The summed E-state index contributed by atoms with van der Waals surface area (Å²) < 4.78 is 5.17. The first-order valence-electron chi connectivity index (χ1n) is 7.09. The lowest BCUT2D eigenvalue weighted by Crippen LogP contribution is -2.14. The minimum absolute atomic E-state index is 0.0281. The molecule has 19 heavy (non-hydrogen) atoms. The number of ether oxygens (including phenoxy) is 1. The lowest BCUT2D eigenvalue weighted by Gasteiger charge is -2.16. The normalized spacial score (nSPS) is 13.5. The average Bonchev–Trinajstić information content (AvgIpc) is 2.31. The molecule has 0 saturated heterocycles. The molecule has 0 aliphatic rings. The van der Waals surface area contributed by atoms with Crippen LogP contribution in [0.3, 0.4) is 0 Å². The maximum absolute atomic E-state index is 11.4. The Morgan fingerprint density at radius 1 is 1.05 bits per heavy atom. The topological polar surface area (TPSA) is 43.4 Å². The van der Waals surface area contributed by atoms with Gasteiger partial charge >= 0.3 is 5.97 Å². The fourth-order valence-corrected chi connectivity index (χ4v) is 1.87. The van der Waals surface area contributed by atoms with E-state index in [1.165, 1.54) is 12.5 Å². The highest BCUT2D eigenvalue weighted by Gasteiger charge is 2.11. The third-order valence-corrected chi connectivity index (χ3v) is 2.94. The van der Waals surface area contributed by atoms with Crippen LogP contribution in [-0.4, -0.2) is 18.4 Å². The summed E-state index contributed by atoms with van der Waals surface area (Å²) in [5.41, 5.74) is 1.34. The molecular formula is C16H28O3.